The molecule has 1 atom stereocenters. The molecule has 1 aliphatic rings. The molecule has 0 aromatic rings. The monoisotopic (exact) mass is 168 g/mol. The summed E-state index contributed by atoms with van der Waals surface area (Å²) in [5.41, 5.74) is 0.871. The summed E-state index contributed by atoms with van der Waals surface area (Å²) in [4.78, 5) is 11.3. The van der Waals surface area contributed by atoms with Gasteiger partial charge in [-0.3, -0.25) is 4.79 Å². The van der Waals surface area contributed by atoms with Crippen LogP contribution in [0.1, 0.15) is 39.5 Å². The van der Waals surface area contributed by atoms with E-state index in [9.17, 15) is 4.79 Å². The van der Waals surface area contributed by atoms with E-state index in [4.69, 9.17) is 4.74 Å². The highest BCUT2D eigenvalue weighted by Gasteiger charge is 2.23. The highest BCUT2D eigenvalue weighted by molar-refractivity contribution is 5.99. The van der Waals surface area contributed by atoms with Gasteiger partial charge in [0.15, 0.2) is 6.10 Å². The Morgan fingerprint density at radius 3 is 2.75 bits per heavy atom. The number of carbonyl (C=O) groups excluding carboxylic acids is 1. The Balaban J connectivity index is 2.29. The first kappa shape index (κ1) is 9.30. The lowest BCUT2D eigenvalue weighted by Crippen LogP contribution is -2.13. The molecule has 0 aliphatic carbocycles. The van der Waals surface area contributed by atoms with Crippen LogP contribution in [0.15, 0.2) is 11.8 Å². The van der Waals surface area contributed by atoms with Crippen LogP contribution in [-0.2, 0) is 9.53 Å². The van der Waals surface area contributed by atoms with Crippen LogP contribution in [0.4, 0.5) is 0 Å². The van der Waals surface area contributed by atoms with E-state index in [0.717, 1.165) is 18.4 Å². The van der Waals surface area contributed by atoms with Gasteiger partial charge >= 0.3 is 0 Å². The van der Waals surface area contributed by atoms with Crippen molar-refractivity contribution in [2.45, 2.75) is 45.6 Å². The van der Waals surface area contributed by atoms with Crippen LogP contribution in [0.25, 0.3) is 0 Å². The van der Waals surface area contributed by atoms with Crippen LogP contribution in [-0.4, -0.2) is 11.9 Å². The molecule has 68 valence electrons. The Labute approximate surface area is 73.6 Å². The Hall–Kier alpha value is -0.790. The normalized spacial score (nSPS) is 22.3. The fourth-order valence-electron chi connectivity index (χ4n) is 1.31. The minimum atomic E-state index is -0.235. The van der Waals surface area contributed by atoms with Crippen molar-refractivity contribution in [3.8, 4) is 0 Å². The maximum Gasteiger partial charge on any atom is 0.202 e. The van der Waals surface area contributed by atoms with Crippen LogP contribution in [0, 0.1) is 0 Å². The quantitative estimate of drug-likeness (QED) is 0.603. The van der Waals surface area contributed by atoms with Gasteiger partial charge in [0, 0.05) is 5.57 Å². The first-order valence-electron chi connectivity index (χ1n) is 4.64. The lowest BCUT2D eigenvalue weighted by atomic mass is 10.0. The number of unbranched alkanes of at least 4 members (excludes halogenated alkanes) is 2. The molecule has 1 heterocycles. The third kappa shape index (κ3) is 2.10. The van der Waals surface area contributed by atoms with E-state index < -0.39 is 0 Å². The number of rotatable bonds is 4. The minimum absolute atomic E-state index is 0.172. The molecule has 0 N–H and O–H groups in total. The minimum Gasteiger partial charge on any atom is -0.490 e. The molecule has 0 aromatic heterocycles. The van der Waals surface area contributed by atoms with Gasteiger partial charge in [0.25, 0.3) is 0 Å². The fraction of sp³-hybridized carbons (Fsp3) is 0.700. The van der Waals surface area contributed by atoms with Gasteiger partial charge in [0.1, 0.15) is 0 Å². The van der Waals surface area contributed by atoms with Crippen molar-refractivity contribution in [3.05, 3.63) is 11.8 Å². The van der Waals surface area contributed by atoms with Gasteiger partial charge in [0.2, 0.25) is 5.78 Å². The van der Waals surface area contributed by atoms with Gasteiger partial charge in [-0.2, -0.15) is 0 Å². The molecule has 2 nitrogen and oxygen atoms in total. The second-order valence-corrected chi connectivity index (χ2v) is 3.24. The lowest BCUT2D eigenvalue weighted by Gasteiger charge is -2.00. The summed E-state index contributed by atoms with van der Waals surface area (Å²) in [6.45, 7) is 3.95. The Morgan fingerprint density at radius 1 is 1.50 bits per heavy atom. The van der Waals surface area contributed by atoms with Gasteiger partial charge in [-0.25, -0.2) is 0 Å². The van der Waals surface area contributed by atoms with Gasteiger partial charge in [-0.15, -0.1) is 0 Å². The molecule has 0 aromatic carbocycles. The van der Waals surface area contributed by atoms with E-state index in [-0.39, 0.29) is 11.9 Å². The molecule has 0 radical (unpaired) electrons. The van der Waals surface area contributed by atoms with Gasteiger partial charge in [-0.05, 0) is 19.8 Å². The van der Waals surface area contributed by atoms with Crippen LogP contribution >= 0.6 is 0 Å². The molecule has 12 heavy (non-hydrogen) atoms. The maximum atomic E-state index is 11.3. The molecule has 0 fully saturated rings. The van der Waals surface area contributed by atoms with E-state index in [1.54, 1.807) is 13.2 Å². The van der Waals surface area contributed by atoms with Gasteiger partial charge in [0.05, 0.1) is 6.26 Å². The standard InChI is InChI=1S/C10H16O2/c1-3-4-5-6-9-7-12-8(2)10(9)11/h7-8H,3-6H2,1-2H3. The van der Waals surface area contributed by atoms with Crippen molar-refractivity contribution < 1.29 is 9.53 Å². The number of ketones is 1. The van der Waals surface area contributed by atoms with Crippen LogP contribution in [0.2, 0.25) is 0 Å². The van der Waals surface area contributed by atoms with Gasteiger partial charge in [-0.1, -0.05) is 19.8 Å². The first-order valence-corrected chi connectivity index (χ1v) is 4.64. The van der Waals surface area contributed by atoms with Crippen molar-refractivity contribution in [1.29, 1.82) is 0 Å². The predicted molar refractivity (Wildman–Crippen MR) is 47.8 cm³/mol. The number of ether oxygens (including phenoxy) is 1. The molecular formula is C10H16O2. The smallest absolute Gasteiger partial charge is 0.202 e. The number of hydrogen-bond donors (Lipinski definition) is 0. The largest absolute Gasteiger partial charge is 0.490 e. The highest BCUT2D eigenvalue weighted by atomic mass is 16.5. The highest BCUT2D eigenvalue weighted by Crippen LogP contribution is 2.19. The molecule has 0 bridgehead atoms. The summed E-state index contributed by atoms with van der Waals surface area (Å²) in [7, 11) is 0. The Bertz CT molecular complexity index is 194. The van der Waals surface area contributed by atoms with Gasteiger partial charge < -0.3 is 4.74 Å². The summed E-state index contributed by atoms with van der Waals surface area (Å²) in [5, 5.41) is 0. The zero-order valence-electron chi connectivity index (χ0n) is 7.80. The lowest BCUT2D eigenvalue weighted by molar-refractivity contribution is -0.120. The van der Waals surface area contributed by atoms with Crippen molar-refractivity contribution in [1.82, 2.24) is 0 Å². The molecular weight excluding hydrogens is 152 g/mol. The number of hydrogen-bond acceptors (Lipinski definition) is 2. The fourth-order valence-corrected chi connectivity index (χ4v) is 1.31. The Kier molecular flexibility index (Phi) is 3.32. The van der Waals surface area contributed by atoms with Crippen molar-refractivity contribution in [3.63, 3.8) is 0 Å². The Morgan fingerprint density at radius 2 is 2.25 bits per heavy atom. The van der Waals surface area contributed by atoms with E-state index in [2.05, 4.69) is 6.92 Å². The molecule has 1 rings (SSSR count). The van der Waals surface area contributed by atoms with E-state index in [0.29, 0.717) is 0 Å². The molecule has 0 saturated heterocycles. The first-order chi connectivity index (χ1) is 5.75. The van der Waals surface area contributed by atoms with Crippen LogP contribution < -0.4 is 0 Å². The van der Waals surface area contributed by atoms with Crippen molar-refractivity contribution >= 4 is 5.78 Å². The van der Waals surface area contributed by atoms with E-state index >= 15 is 0 Å². The number of Topliss-reactive ketones (excluding diaryl/α,β-unsaturated/α-hetero) is 1. The van der Waals surface area contributed by atoms with E-state index in [1.807, 2.05) is 0 Å². The average Bonchev–Trinajstić information content (AvgIpc) is 2.36. The summed E-state index contributed by atoms with van der Waals surface area (Å²) in [5.74, 6) is 0.172. The number of carbonyl (C=O) groups is 1. The molecule has 1 aliphatic heterocycles. The zero-order chi connectivity index (χ0) is 8.97. The molecule has 0 spiro atoms. The van der Waals surface area contributed by atoms with Crippen molar-refractivity contribution in [2.24, 2.45) is 0 Å². The summed E-state index contributed by atoms with van der Waals surface area (Å²) >= 11 is 0. The molecule has 0 saturated carbocycles. The second kappa shape index (κ2) is 4.29. The third-order valence-corrected chi connectivity index (χ3v) is 2.15. The topological polar surface area (TPSA) is 26.3 Å². The summed E-state index contributed by atoms with van der Waals surface area (Å²) in [6, 6.07) is 0. The van der Waals surface area contributed by atoms with Crippen molar-refractivity contribution in [2.75, 3.05) is 0 Å². The van der Waals surface area contributed by atoms with Crippen LogP contribution in [0.5, 0.6) is 0 Å². The summed E-state index contributed by atoms with van der Waals surface area (Å²) in [6.07, 6.45) is 5.77. The molecule has 0 amide bonds. The zero-order valence-corrected chi connectivity index (χ0v) is 7.80. The summed E-state index contributed by atoms with van der Waals surface area (Å²) < 4.78 is 5.10. The average molecular weight is 168 g/mol. The molecule has 1 unspecified atom stereocenters. The second-order valence-electron chi connectivity index (χ2n) is 3.24. The molecule has 2 heteroatoms. The predicted octanol–water partition coefficient (Wildman–Crippen LogP) is 2.44. The van der Waals surface area contributed by atoms with Crippen LogP contribution in [0.3, 0.4) is 0 Å². The third-order valence-electron chi connectivity index (χ3n) is 2.15. The SMILES string of the molecule is CCCCCC1=COC(C)C1=O. The van der Waals surface area contributed by atoms with E-state index in [1.165, 1.54) is 12.8 Å². The maximum absolute atomic E-state index is 11.3.